The normalized spacial score (nSPS) is 13.3. The molecule has 0 bridgehead atoms. The summed E-state index contributed by atoms with van der Waals surface area (Å²) >= 11 is 3.91. The van der Waals surface area contributed by atoms with Gasteiger partial charge in [-0.2, -0.15) is 0 Å². The Morgan fingerprint density at radius 3 is 2.00 bits per heavy atom. The zero-order chi connectivity index (χ0) is 14.2. The predicted octanol–water partition coefficient (Wildman–Crippen LogP) is 3.92. The number of unbranched alkanes of at least 4 members (excludes halogenated alkanes) is 3. The summed E-state index contributed by atoms with van der Waals surface area (Å²) in [5, 5.41) is 9.18. The predicted molar refractivity (Wildman–Crippen MR) is 76.9 cm³/mol. The van der Waals surface area contributed by atoms with Crippen molar-refractivity contribution in [2.45, 2.75) is 65.7 Å². The Morgan fingerprint density at radius 1 is 1.11 bits per heavy atom. The molecule has 1 N–H and O–H groups in total. The van der Waals surface area contributed by atoms with Crippen LogP contribution in [-0.4, -0.2) is 16.2 Å². The first-order chi connectivity index (χ1) is 8.46. The molecule has 0 aromatic carbocycles. The lowest BCUT2D eigenvalue weighted by Gasteiger charge is -2.33. The van der Waals surface area contributed by atoms with Crippen LogP contribution in [0, 0.1) is 11.3 Å². The fourth-order valence-electron chi connectivity index (χ4n) is 2.61. The number of hydrogen-bond donors (Lipinski definition) is 2. The second-order valence-electron chi connectivity index (χ2n) is 4.91. The Labute approximate surface area is 116 Å². The van der Waals surface area contributed by atoms with Gasteiger partial charge in [-0.25, -0.2) is 0 Å². The summed E-state index contributed by atoms with van der Waals surface area (Å²) in [6.07, 6.45) is 5.80. The van der Waals surface area contributed by atoms with Crippen molar-refractivity contribution in [2.24, 2.45) is 11.3 Å². The summed E-state index contributed by atoms with van der Waals surface area (Å²) in [5.74, 6) is -1.33. The average Bonchev–Trinajstić information content (AvgIpc) is 2.33. The highest BCUT2D eigenvalue weighted by molar-refractivity contribution is 7.96. The number of hydrogen-bond acceptors (Lipinski definition) is 2. The SMILES string of the molecule is CCCCCCC(C(=O)S)C(CC)(CC)C(=O)O. The largest absolute Gasteiger partial charge is 0.481 e. The number of thiol groups is 1. The van der Waals surface area contributed by atoms with Crippen molar-refractivity contribution in [3.05, 3.63) is 0 Å². The first-order valence-corrected chi connectivity index (χ1v) is 7.37. The Morgan fingerprint density at radius 2 is 1.67 bits per heavy atom. The summed E-state index contributed by atoms with van der Waals surface area (Å²) in [6.45, 7) is 5.81. The van der Waals surface area contributed by atoms with Gasteiger partial charge in [-0.3, -0.25) is 9.59 Å². The fraction of sp³-hybridized carbons (Fsp3) is 0.857. The number of rotatable bonds is 10. The fourth-order valence-corrected chi connectivity index (χ4v) is 2.98. The highest BCUT2D eigenvalue weighted by Gasteiger charge is 2.45. The van der Waals surface area contributed by atoms with E-state index < -0.39 is 17.3 Å². The van der Waals surface area contributed by atoms with Gasteiger partial charge >= 0.3 is 5.97 Å². The molecule has 0 rings (SSSR count). The van der Waals surface area contributed by atoms with Crippen LogP contribution in [0.3, 0.4) is 0 Å². The van der Waals surface area contributed by atoms with Crippen LogP contribution in [0.2, 0.25) is 0 Å². The van der Waals surface area contributed by atoms with Gasteiger partial charge in [-0.1, -0.05) is 46.5 Å². The number of carbonyl (C=O) groups is 2. The van der Waals surface area contributed by atoms with Gasteiger partial charge in [0.15, 0.2) is 5.12 Å². The number of carbonyl (C=O) groups excluding carboxylic acids is 1. The van der Waals surface area contributed by atoms with Gasteiger partial charge < -0.3 is 5.11 Å². The van der Waals surface area contributed by atoms with E-state index in [-0.39, 0.29) is 5.12 Å². The molecule has 0 radical (unpaired) electrons. The van der Waals surface area contributed by atoms with Gasteiger partial charge in [0, 0.05) is 5.92 Å². The van der Waals surface area contributed by atoms with Crippen molar-refractivity contribution in [1.29, 1.82) is 0 Å². The van der Waals surface area contributed by atoms with Crippen molar-refractivity contribution < 1.29 is 14.7 Å². The maximum absolute atomic E-state index is 11.7. The number of carboxylic acid groups (broad SMARTS) is 1. The van der Waals surface area contributed by atoms with Crippen LogP contribution >= 0.6 is 12.6 Å². The Balaban J connectivity index is 4.83. The molecule has 106 valence electrons. The molecule has 0 fully saturated rings. The maximum Gasteiger partial charge on any atom is 0.310 e. The van der Waals surface area contributed by atoms with E-state index in [9.17, 15) is 14.7 Å². The van der Waals surface area contributed by atoms with Gasteiger partial charge in [0.2, 0.25) is 0 Å². The highest BCUT2D eigenvalue weighted by Crippen LogP contribution is 2.40. The van der Waals surface area contributed by atoms with E-state index in [1.807, 2.05) is 13.8 Å². The molecule has 0 aromatic rings. The molecule has 3 nitrogen and oxygen atoms in total. The van der Waals surface area contributed by atoms with Gasteiger partial charge in [0.1, 0.15) is 0 Å². The zero-order valence-corrected chi connectivity index (χ0v) is 12.6. The molecule has 0 spiro atoms. The van der Waals surface area contributed by atoms with Gasteiger partial charge in [0.25, 0.3) is 0 Å². The first-order valence-electron chi connectivity index (χ1n) is 6.92. The lowest BCUT2D eigenvalue weighted by Crippen LogP contribution is -2.40. The van der Waals surface area contributed by atoms with Crippen molar-refractivity contribution in [3.63, 3.8) is 0 Å². The van der Waals surface area contributed by atoms with E-state index in [4.69, 9.17) is 0 Å². The third-order valence-corrected chi connectivity index (χ3v) is 4.31. The summed E-state index contributed by atoms with van der Waals surface area (Å²) in [7, 11) is 0. The molecule has 0 amide bonds. The van der Waals surface area contributed by atoms with Crippen molar-refractivity contribution in [2.75, 3.05) is 0 Å². The summed E-state index contributed by atoms with van der Waals surface area (Å²) in [6, 6.07) is 0. The molecule has 0 aliphatic carbocycles. The average molecular weight is 274 g/mol. The number of aliphatic carboxylic acids is 1. The monoisotopic (exact) mass is 274 g/mol. The quantitative estimate of drug-likeness (QED) is 0.469. The molecule has 4 heteroatoms. The van der Waals surface area contributed by atoms with Crippen molar-refractivity contribution >= 4 is 23.7 Å². The van der Waals surface area contributed by atoms with Gasteiger partial charge in [0.05, 0.1) is 5.41 Å². The van der Waals surface area contributed by atoms with E-state index in [0.29, 0.717) is 19.3 Å². The second kappa shape index (κ2) is 8.57. The minimum Gasteiger partial charge on any atom is -0.481 e. The van der Waals surface area contributed by atoms with Crippen LogP contribution < -0.4 is 0 Å². The summed E-state index contributed by atoms with van der Waals surface area (Å²) in [4.78, 5) is 23.2. The minimum absolute atomic E-state index is 0.280. The van der Waals surface area contributed by atoms with Crippen LogP contribution in [-0.2, 0) is 9.59 Å². The van der Waals surface area contributed by atoms with Crippen LogP contribution in [0.1, 0.15) is 65.7 Å². The van der Waals surface area contributed by atoms with Crippen LogP contribution in [0.25, 0.3) is 0 Å². The standard InChI is InChI=1S/C14H26O3S/c1-4-7-8-9-10-11(12(15)18)14(5-2,6-3)13(16)17/h11H,4-10H2,1-3H3,(H,15,18)(H,16,17). The molecule has 1 atom stereocenters. The van der Waals surface area contributed by atoms with E-state index in [1.54, 1.807) is 0 Å². The molecule has 18 heavy (non-hydrogen) atoms. The molecule has 0 heterocycles. The lowest BCUT2D eigenvalue weighted by molar-refractivity contribution is -0.155. The summed E-state index contributed by atoms with van der Waals surface area (Å²) < 4.78 is 0. The Hall–Kier alpha value is -0.510. The van der Waals surface area contributed by atoms with E-state index in [0.717, 1.165) is 25.7 Å². The van der Waals surface area contributed by atoms with Crippen LogP contribution in [0.5, 0.6) is 0 Å². The molecular weight excluding hydrogens is 248 g/mol. The van der Waals surface area contributed by atoms with Crippen molar-refractivity contribution in [3.8, 4) is 0 Å². The Bertz CT molecular complexity index is 272. The molecule has 0 aromatic heterocycles. The molecule has 0 aliphatic rings. The molecule has 0 saturated heterocycles. The van der Waals surface area contributed by atoms with E-state index in [1.165, 1.54) is 0 Å². The van der Waals surface area contributed by atoms with E-state index >= 15 is 0 Å². The topological polar surface area (TPSA) is 54.4 Å². The minimum atomic E-state index is -0.939. The second-order valence-corrected chi connectivity index (χ2v) is 5.35. The van der Waals surface area contributed by atoms with Gasteiger partial charge in [-0.15, -0.1) is 12.6 Å². The molecular formula is C14H26O3S. The Kier molecular flexibility index (Phi) is 8.32. The highest BCUT2D eigenvalue weighted by atomic mass is 32.1. The van der Waals surface area contributed by atoms with Crippen molar-refractivity contribution in [1.82, 2.24) is 0 Å². The third-order valence-electron chi connectivity index (χ3n) is 4.00. The number of carboxylic acids is 1. The lowest BCUT2D eigenvalue weighted by atomic mass is 9.69. The maximum atomic E-state index is 11.7. The summed E-state index contributed by atoms with van der Waals surface area (Å²) in [5.41, 5.74) is -0.939. The van der Waals surface area contributed by atoms with Crippen LogP contribution in [0.15, 0.2) is 0 Å². The molecule has 1 unspecified atom stereocenters. The van der Waals surface area contributed by atoms with E-state index in [2.05, 4.69) is 19.6 Å². The van der Waals surface area contributed by atoms with Gasteiger partial charge in [-0.05, 0) is 19.3 Å². The molecule has 0 saturated carbocycles. The smallest absolute Gasteiger partial charge is 0.310 e. The van der Waals surface area contributed by atoms with Crippen LogP contribution in [0.4, 0.5) is 0 Å². The third kappa shape index (κ3) is 4.30. The molecule has 0 aliphatic heterocycles. The first kappa shape index (κ1) is 17.5. The zero-order valence-electron chi connectivity index (χ0n) is 11.7.